The van der Waals surface area contributed by atoms with Gasteiger partial charge in [-0.3, -0.25) is 0 Å². The van der Waals surface area contributed by atoms with Gasteiger partial charge in [0, 0.05) is 5.75 Å². The Kier molecular flexibility index (Phi) is 2.52. The van der Waals surface area contributed by atoms with Crippen LogP contribution in [0.5, 0.6) is 0 Å². The molecule has 0 bridgehead atoms. The Labute approximate surface area is 77.7 Å². The molecular weight excluding hydrogens is 164 g/mol. The monoisotopic (exact) mass is 176 g/mol. The van der Waals surface area contributed by atoms with Crippen molar-refractivity contribution in [3.63, 3.8) is 0 Å². The first-order valence-corrected chi connectivity index (χ1v) is 5.44. The van der Waals surface area contributed by atoms with Gasteiger partial charge in [-0.25, -0.2) is 0 Å². The number of allylic oxidation sites excluding steroid dienone is 1. The lowest BCUT2D eigenvalue weighted by atomic mass is 10.1. The maximum atomic E-state index is 2.37. The summed E-state index contributed by atoms with van der Waals surface area (Å²) >= 11 is 2.03. The molecule has 0 nitrogen and oxygen atoms in total. The molecule has 0 aromatic heterocycles. The van der Waals surface area contributed by atoms with Crippen molar-refractivity contribution in [3.05, 3.63) is 42.0 Å². The maximum absolute atomic E-state index is 2.37. The molecule has 1 heterocycles. The zero-order valence-electron chi connectivity index (χ0n) is 6.99. The van der Waals surface area contributed by atoms with Crippen LogP contribution in [0.4, 0.5) is 0 Å². The van der Waals surface area contributed by atoms with Gasteiger partial charge in [0.05, 0.1) is 0 Å². The predicted octanol–water partition coefficient (Wildman–Crippen LogP) is 3.21. The van der Waals surface area contributed by atoms with Gasteiger partial charge in [-0.15, -0.1) is 0 Å². The van der Waals surface area contributed by atoms with Gasteiger partial charge in [-0.05, 0) is 23.3 Å². The van der Waals surface area contributed by atoms with E-state index in [0.29, 0.717) is 0 Å². The van der Waals surface area contributed by atoms with Gasteiger partial charge < -0.3 is 0 Å². The molecule has 0 amide bonds. The van der Waals surface area contributed by atoms with Crippen LogP contribution in [0.2, 0.25) is 0 Å². The highest BCUT2D eigenvalue weighted by Crippen LogP contribution is 2.24. The third-order valence-corrected chi connectivity index (χ3v) is 3.09. The van der Waals surface area contributed by atoms with E-state index >= 15 is 0 Å². The van der Waals surface area contributed by atoms with E-state index < -0.39 is 0 Å². The zero-order valence-corrected chi connectivity index (χ0v) is 7.81. The van der Waals surface area contributed by atoms with E-state index in [0.717, 1.165) is 0 Å². The first-order valence-electron chi connectivity index (χ1n) is 4.29. The Bertz CT molecular complexity index is 274. The molecule has 0 fully saturated rings. The third kappa shape index (κ3) is 1.72. The normalized spacial score (nSPS) is 17.2. The minimum absolute atomic E-state index is 1.18. The molecule has 1 aromatic rings. The summed E-state index contributed by atoms with van der Waals surface area (Å²) in [6.07, 6.45) is 3.60. The molecule has 12 heavy (non-hydrogen) atoms. The Morgan fingerprint density at radius 1 is 1.08 bits per heavy atom. The second-order valence-electron chi connectivity index (χ2n) is 2.94. The van der Waals surface area contributed by atoms with Gasteiger partial charge in [0.2, 0.25) is 0 Å². The van der Waals surface area contributed by atoms with Gasteiger partial charge in [-0.1, -0.05) is 36.4 Å². The van der Waals surface area contributed by atoms with Crippen molar-refractivity contribution in [1.82, 2.24) is 0 Å². The van der Waals surface area contributed by atoms with E-state index in [9.17, 15) is 0 Å². The molecule has 0 radical (unpaired) electrons. The average Bonchev–Trinajstić information content (AvgIpc) is 2.21. The molecule has 62 valence electrons. The van der Waals surface area contributed by atoms with E-state index in [-0.39, 0.29) is 0 Å². The molecule has 0 unspecified atom stereocenters. The lowest BCUT2D eigenvalue weighted by molar-refractivity contribution is 1.22. The van der Waals surface area contributed by atoms with Crippen molar-refractivity contribution in [3.8, 4) is 0 Å². The summed E-state index contributed by atoms with van der Waals surface area (Å²) in [7, 11) is 0. The van der Waals surface area contributed by atoms with Gasteiger partial charge >= 0.3 is 0 Å². The fourth-order valence-corrected chi connectivity index (χ4v) is 2.34. The highest BCUT2D eigenvalue weighted by Gasteiger charge is 2.04. The Balaban J connectivity index is 2.24. The van der Waals surface area contributed by atoms with Crippen molar-refractivity contribution in [2.24, 2.45) is 0 Å². The van der Waals surface area contributed by atoms with Crippen LogP contribution >= 0.6 is 11.8 Å². The van der Waals surface area contributed by atoms with Crippen LogP contribution in [-0.4, -0.2) is 11.5 Å². The van der Waals surface area contributed by atoms with Crippen LogP contribution in [0.1, 0.15) is 12.0 Å². The maximum Gasteiger partial charge on any atom is 0.0187 e. The fraction of sp³-hybridized carbons (Fsp3) is 0.273. The number of benzene rings is 1. The average molecular weight is 176 g/mol. The molecule has 0 N–H and O–H groups in total. The molecule has 1 aromatic carbocycles. The van der Waals surface area contributed by atoms with E-state index in [2.05, 4.69) is 36.4 Å². The minimum atomic E-state index is 1.18. The Morgan fingerprint density at radius 3 is 2.58 bits per heavy atom. The molecule has 0 aliphatic carbocycles. The number of thioether (sulfide) groups is 1. The van der Waals surface area contributed by atoms with Crippen LogP contribution in [0.3, 0.4) is 0 Å². The zero-order chi connectivity index (χ0) is 8.23. The van der Waals surface area contributed by atoms with Gasteiger partial charge in [0.1, 0.15) is 0 Å². The van der Waals surface area contributed by atoms with Crippen LogP contribution < -0.4 is 0 Å². The third-order valence-electron chi connectivity index (χ3n) is 2.06. The van der Waals surface area contributed by atoms with Crippen LogP contribution in [0.25, 0.3) is 5.57 Å². The van der Waals surface area contributed by atoms with Crippen molar-refractivity contribution in [2.75, 3.05) is 11.5 Å². The number of rotatable bonds is 1. The van der Waals surface area contributed by atoms with E-state index in [1.165, 1.54) is 29.1 Å². The summed E-state index contributed by atoms with van der Waals surface area (Å²) in [5.41, 5.74) is 2.90. The summed E-state index contributed by atoms with van der Waals surface area (Å²) in [4.78, 5) is 0. The van der Waals surface area contributed by atoms with Crippen molar-refractivity contribution >= 4 is 17.3 Å². The second-order valence-corrected chi connectivity index (χ2v) is 4.04. The minimum Gasteiger partial charge on any atom is -0.157 e. The molecule has 0 saturated heterocycles. The predicted molar refractivity (Wildman–Crippen MR) is 56.4 cm³/mol. The molecular formula is C11H12S. The lowest BCUT2D eigenvalue weighted by Crippen LogP contribution is -1.95. The van der Waals surface area contributed by atoms with Crippen LogP contribution in [-0.2, 0) is 0 Å². The van der Waals surface area contributed by atoms with Gasteiger partial charge in [0.25, 0.3) is 0 Å². The van der Waals surface area contributed by atoms with Crippen molar-refractivity contribution in [2.45, 2.75) is 6.42 Å². The Hall–Kier alpha value is -0.690. The smallest absolute Gasteiger partial charge is 0.0187 e. The van der Waals surface area contributed by atoms with E-state index in [4.69, 9.17) is 0 Å². The van der Waals surface area contributed by atoms with Crippen molar-refractivity contribution < 1.29 is 0 Å². The van der Waals surface area contributed by atoms with E-state index in [1.807, 2.05) is 11.8 Å². The molecule has 2 rings (SSSR count). The summed E-state index contributed by atoms with van der Waals surface area (Å²) in [5, 5.41) is 0. The summed E-state index contributed by atoms with van der Waals surface area (Å²) < 4.78 is 0. The first kappa shape index (κ1) is 7.93. The molecule has 1 heteroatoms. The summed E-state index contributed by atoms with van der Waals surface area (Å²) in [6.45, 7) is 0. The fourth-order valence-electron chi connectivity index (χ4n) is 1.41. The van der Waals surface area contributed by atoms with Gasteiger partial charge in [-0.2, -0.15) is 11.8 Å². The lowest BCUT2D eigenvalue weighted by Gasteiger charge is -2.11. The van der Waals surface area contributed by atoms with Crippen molar-refractivity contribution in [1.29, 1.82) is 0 Å². The largest absolute Gasteiger partial charge is 0.157 e. The topological polar surface area (TPSA) is 0 Å². The van der Waals surface area contributed by atoms with E-state index in [1.54, 1.807) is 0 Å². The highest BCUT2D eigenvalue weighted by molar-refractivity contribution is 7.99. The Morgan fingerprint density at radius 2 is 1.92 bits per heavy atom. The van der Waals surface area contributed by atoms with Crippen LogP contribution in [0, 0.1) is 0 Å². The molecule has 0 spiro atoms. The van der Waals surface area contributed by atoms with Gasteiger partial charge in [0.15, 0.2) is 0 Å². The summed E-state index contributed by atoms with van der Waals surface area (Å²) in [6, 6.07) is 10.7. The SMILES string of the molecule is C1=C(c2ccccc2)CSCC1. The second kappa shape index (κ2) is 3.81. The molecule has 0 atom stereocenters. The summed E-state index contributed by atoms with van der Waals surface area (Å²) in [5.74, 6) is 2.47. The van der Waals surface area contributed by atoms with Crippen LogP contribution in [0.15, 0.2) is 36.4 Å². The highest BCUT2D eigenvalue weighted by atomic mass is 32.2. The quantitative estimate of drug-likeness (QED) is 0.633. The standard InChI is InChI=1S/C11H12S/c1-2-5-10(6-3-1)11-7-4-8-12-9-11/h1-3,5-7H,4,8-9H2. The molecule has 1 aliphatic heterocycles. The first-order chi connectivity index (χ1) is 5.97. The molecule has 0 saturated carbocycles. The molecule has 1 aliphatic rings. The number of hydrogen-bond acceptors (Lipinski definition) is 1. The number of hydrogen-bond donors (Lipinski definition) is 0.